The Morgan fingerprint density at radius 3 is 2.81 bits per heavy atom. The molecule has 1 saturated carbocycles. The fourth-order valence-electron chi connectivity index (χ4n) is 2.37. The van der Waals surface area contributed by atoms with Crippen LogP contribution in [0.15, 0.2) is 0 Å². The van der Waals surface area contributed by atoms with Gasteiger partial charge in [0.1, 0.15) is 0 Å². The molecule has 0 spiro atoms. The minimum atomic E-state index is -0.275. The minimum absolute atomic E-state index is 0.0250. The fourth-order valence-corrected chi connectivity index (χ4v) is 3.44. The number of aryl methyl sites for hydroxylation is 2. The highest BCUT2D eigenvalue weighted by molar-refractivity contribution is 7.15. The lowest BCUT2D eigenvalue weighted by molar-refractivity contribution is -0.115. The molecule has 2 aliphatic carbocycles. The Balaban J connectivity index is 1.46. The number of hydrogen-bond donors (Lipinski definition) is 3. The number of carbonyl (C=O) groups excluding carboxylic acids is 2. The number of fused-ring (bicyclic) bond motifs is 1. The van der Waals surface area contributed by atoms with E-state index in [0.717, 1.165) is 31.4 Å². The molecule has 0 aromatic carbocycles. The van der Waals surface area contributed by atoms with Gasteiger partial charge in [0.25, 0.3) is 0 Å². The molecule has 3 N–H and O–H groups in total. The summed E-state index contributed by atoms with van der Waals surface area (Å²) in [6, 6.07) is 0.0188. The van der Waals surface area contributed by atoms with Gasteiger partial charge in [-0.1, -0.05) is 6.42 Å². The van der Waals surface area contributed by atoms with Crippen LogP contribution in [0.1, 0.15) is 42.7 Å². The zero-order chi connectivity index (χ0) is 14.7. The highest BCUT2D eigenvalue weighted by atomic mass is 32.1. The van der Waals surface area contributed by atoms with Crippen LogP contribution in [0, 0.1) is 0 Å². The summed E-state index contributed by atoms with van der Waals surface area (Å²) in [4.78, 5) is 29.0. The van der Waals surface area contributed by atoms with Crippen molar-refractivity contribution < 1.29 is 9.59 Å². The van der Waals surface area contributed by atoms with Gasteiger partial charge in [0.05, 0.1) is 12.2 Å². The molecule has 0 aliphatic heterocycles. The second kappa shape index (κ2) is 6.43. The van der Waals surface area contributed by atoms with Gasteiger partial charge in [-0.05, 0) is 38.5 Å². The lowest BCUT2D eigenvalue weighted by atomic mass is 10.2. The minimum Gasteiger partial charge on any atom is -0.335 e. The normalized spacial score (nSPS) is 17.5. The van der Waals surface area contributed by atoms with Gasteiger partial charge in [0.2, 0.25) is 5.91 Å². The van der Waals surface area contributed by atoms with Gasteiger partial charge in [0, 0.05) is 10.9 Å². The highest BCUT2D eigenvalue weighted by Gasteiger charge is 2.23. The Kier molecular flexibility index (Phi) is 4.38. The fraction of sp³-hybridized carbons (Fsp3) is 0.643. The number of urea groups is 1. The zero-order valence-electron chi connectivity index (χ0n) is 11.9. The van der Waals surface area contributed by atoms with Gasteiger partial charge in [-0.3, -0.25) is 4.79 Å². The first-order chi connectivity index (χ1) is 10.2. The second-order valence-electron chi connectivity index (χ2n) is 5.60. The number of hydrogen-bond acceptors (Lipinski definition) is 4. The molecule has 2 aliphatic rings. The van der Waals surface area contributed by atoms with Crippen LogP contribution in [0.3, 0.4) is 0 Å². The molecule has 3 amide bonds. The molecule has 1 aromatic rings. The van der Waals surface area contributed by atoms with E-state index in [1.807, 2.05) is 0 Å². The third-order valence-electron chi connectivity index (χ3n) is 3.66. The molecule has 21 heavy (non-hydrogen) atoms. The Labute approximate surface area is 127 Å². The van der Waals surface area contributed by atoms with Crippen LogP contribution in [0.5, 0.6) is 0 Å². The predicted octanol–water partition coefficient (Wildman–Crippen LogP) is 1.81. The van der Waals surface area contributed by atoms with Crippen molar-refractivity contribution in [3.63, 3.8) is 0 Å². The first kappa shape index (κ1) is 14.3. The maximum atomic E-state index is 11.8. The van der Waals surface area contributed by atoms with Crippen LogP contribution in [0.25, 0.3) is 0 Å². The van der Waals surface area contributed by atoms with E-state index in [1.54, 1.807) is 11.3 Å². The first-order valence-corrected chi connectivity index (χ1v) is 8.35. The molecule has 0 atom stereocenters. The van der Waals surface area contributed by atoms with E-state index in [0.29, 0.717) is 11.2 Å². The summed E-state index contributed by atoms with van der Waals surface area (Å²) in [5.74, 6) is -0.232. The molecular weight excluding hydrogens is 288 g/mol. The number of aromatic nitrogens is 1. The van der Waals surface area contributed by atoms with Gasteiger partial charge >= 0.3 is 6.03 Å². The smallest absolute Gasteiger partial charge is 0.315 e. The maximum absolute atomic E-state index is 11.8. The van der Waals surface area contributed by atoms with Crippen molar-refractivity contribution >= 4 is 28.4 Å². The lowest BCUT2D eigenvalue weighted by Gasteiger charge is -2.06. The Bertz CT molecular complexity index is 516. The van der Waals surface area contributed by atoms with Gasteiger partial charge in [-0.2, -0.15) is 0 Å². The molecule has 0 unspecified atom stereocenters. The first-order valence-electron chi connectivity index (χ1n) is 7.53. The zero-order valence-corrected chi connectivity index (χ0v) is 12.7. The third kappa shape index (κ3) is 4.17. The monoisotopic (exact) mass is 308 g/mol. The largest absolute Gasteiger partial charge is 0.335 e. The number of amides is 3. The van der Waals surface area contributed by atoms with Crippen molar-refractivity contribution in [3.8, 4) is 0 Å². The molecule has 3 rings (SSSR count). The van der Waals surface area contributed by atoms with Gasteiger partial charge in [-0.15, -0.1) is 11.3 Å². The average Bonchev–Trinajstić information content (AvgIpc) is 3.22. The van der Waals surface area contributed by atoms with Crippen molar-refractivity contribution in [2.24, 2.45) is 0 Å². The number of nitrogens with one attached hydrogen (secondary N) is 3. The number of nitrogens with zero attached hydrogens (tertiary/aromatic N) is 1. The summed E-state index contributed by atoms with van der Waals surface area (Å²) in [6.45, 7) is -0.0250. The van der Waals surface area contributed by atoms with Crippen LogP contribution in [-0.2, 0) is 17.6 Å². The van der Waals surface area contributed by atoms with E-state index in [4.69, 9.17) is 0 Å². The van der Waals surface area contributed by atoms with E-state index in [-0.39, 0.29) is 18.5 Å². The Morgan fingerprint density at radius 1 is 1.19 bits per heavy atom. The van der Waals surface area contributed by atoms with E-state index in [9.17, 15) is 9.59 Å². The number of thiazole rings is 1. The molecule has 6 nitrogen and oxygen atoms in total. The summed E-state index contributed by atoms with van der Waals surface area (Å²) in [5.41, 5.74) is 1.13. The van der Waals surface area contributed by atoms with Gasteiger partial charge in [0.15, 0.2) is 5.13 Å². The van der Waals surface area contributed by atoms with E-state index >= 15 is 0 Å². The summed E-state index contributed by atoms with van der Waals surface area (Å²) < 4.78 is 0. The van der Waals surface area contributed by atoms with Gasteiger partial charge < -0.3 is 16.0 Å². The highest BCUT2D eigenvalue weighted by Crippen LogP contribution is 2.28. The molecule has 0 saturated heterocycles. The van der Waals surface area contributed by atoms with E-state index in [2.05, 4.69) is 20.9 Å². The molecule has 114 valence electrons. The lowest BCUT2D eigenvalue weighted by Crippen LogP contribution is -2.40. The second-order valence-corrected chi connectivity index (χ2v) is 6.68. The SMILES string of the molecule is O=C(CNC(=O)NC1CC1)Nc1nc2c(s1)CCCCC2. The van der Waals surface area contributed by atoms with Crippen molar-refractivity contribution in [1.29, 1.82) is 0 Å². The summed E-state index contributed by atoms with van der Waals surface area (Å²) >= 11 is 1.56. The van der Waals surface area contributed by atoms with Crippen molar-refractivity contribution in [3.05, 3.63) is 10.6 Å². The van der Waals surface area contributed by atoms with Crippen LogP contribution in [-0.4, -0.2) is 29.5 Å². The number of carbonyl (C=O) groups is 2. The molecule has 1 fully saturated rings. The number of anilines is 1. The molecule has 1 aromatic heterocycles. The van der Waals surface area contributed by atoms with Crippen LogP contribution in [0.2, 0.25) is 0 Å². The molecule has 0 radical (unpaired) electrons. The van der Waals surface area contributed by atoms with Gasteiger partial charge in [-0.25, -0.2) is 9.78 Å². The molecule has 1 heterocycles. The summed E-state index contributed by atoms with van der Waals surface area (Å²) in [7, 11) is 0. The standard InChI is InChI=1S/C14H20N4O2S/c19-12(8-15-13(20)16-9-6-7-9)18-14-17-10-4-2-1-3-5-11(10)21-14/h9H,1-8H2,(H2,15,16,20)(H,17,18,19). The summed E-state index contributed by atoms with van der Waals surface area (Å²) in [5, 5.41) is 8.76. The van der Waals surface area contributed by atoms with Crippen LogP contribution < -0.4 is 16.0 Å². The molecular formula is C14H20N4O2S. The summed E-state index contributed by atoms with van der Waals surface area (Å²) in [6.07, 6.45) is 7.76. The van der Waals surface area contributed by atoms with Crippen molar-refractivity contribution in [2.45, 2.75) is 51.0 Å². The third-order valence-corrected chi connectivity index (χ3v) is 4.74. The number of rotatable bonds is 4. The van der Waals surface area contributed by atoms with E-state index in [1.165, 1.54) is 24.1 Å². The Morgan fingerprint density at radius 2 is 2.00 bits per heavy atom. The average molecular weight is 308 g/mol. The Hall–Kier alpha value is -1.63. The molecule has 0 bridgehead atoms. The quantitative estimate of drug-likeness (QED) is 0.742. The predicted molar refractivity (Wildman–Crippen MR) is 81.6 cm³/mol. The van der Waals surface area contributed by atoms with Crippen LogP contribution in [0.4, 0.5) is 9.93 Å². The topological polar surface area (TPSA) is 83.1 Å². The molecule has 7 heteroatoms. The van der Waals surface area contributed by atoms with Crippen molar-refractivity contribution in [2.75, 3.05) is 11.9 Å². The maximum Gasteiger partial charge on any atom is 0.315 e. The van der Waals surface area contributed by atoms with E-state index < -0.39 is 0 Å². The van der Waals surface area contributed by atoms with Crippen molar-refractivity contribution in [1.82, 2.24) is 15.6 Å². The van der Waals surface area contributed by atoms with Crippen LogP contribution >= 0.6 is 11.3 Å².